The summed E-state index contributed by atoms with van der Waals surface area (Å²) in [6.07, 6.45) is -1.11. The SMILES string of the molecule is CO[C@@H]1O[C@@H]2COC(C)(C)O[C@H]2[C@@H]2Nc3ccccc3C(=O)N[C@@H]12. The van der Waals surface area contributed by atoms with Crippen LogP contribution in [-0.2, 0) is 18.9 Å². The van der Waals surface area contributed by atoms with Crippen molar-refractivity contribution in [1.29, 1.82) is 0 Å². The Bertz CT molecular complexity index is 650. The number of hydrogen-bond donors (Lipinski definition) is 2. The van der Waals surface area contributed by atoms with Gasteiger partial charge in [0.2, 0.25) is 0 Å². The van der Waals surface area contributed by atoms with Crippen molar-refractivity contribution in [3.63, 3.8) is 0 Å². The van der Waals surface area contributed by atoms with Gasteiger partial charge in [0.15, 0.2) is 12.1 Å². The number of rotatable bonds is 1. The van der Waals surface area contributed by atoms with Gasteiger partial charge in [-0.3, -0.25) is 4.79 Å². The van der Waals surface area contributed by atoms with Crippen LogP contribution in [0.5, 0.6) is 0 Å². The molecule has 4 rings (SSSR count). The average molecular weight is 334 g/mol. The summed E-state index contributed by atoms with van der Waals surface area (Å²) in [5.41, 5.74) is 1.38. The molecule has 2 fully saturated rings. The molecule has 0 aromatic heterocycles. The first-order chi connectivity index (χ1) is 11.5. The average Bonchev–Trinajstić information content (AvgIpc) is 2.71. The number of anilines is 1. The first-order valence-electron chi connectivity index (χ1n) is 8.15. The molecule has 0 aliphatic carbocycles. The molecule has 0 spiro atoms. The first kappa shape index (κ1) is 15.8. The molecule has 1 aromatic rings. The number of carbonyl (C=O) groups excluding carboxylic acids is 1. The van der Waals surface area contributed by atoms with E-state index in [0.717, 1.165) is 5.69 Å². The van der Waals surface area contributed by atoms with Gasteiger partial charge in [0.05, 0.1) is 18.2 Å². The zero-order chi connectivity index (χ0) is 16.9. The summed E-state index contributed by atoms with van der Waals surface area (Å²) < 4.78 is 23.3. The Morgan fingerprint density at radius 1 is 1.21 bits per heavy atom. The zero-order valence-corrected chi connectivity index (χ0v) is 13.9. The maximum absolute atomic E-state index is 12.6. The molecule has 3 aliphatic rings. The highest BCUT2D eigenvalue weighted by atomic mass is 16.8. The fourth-order valence-electron chi connectivity index (χ4n) is 3.61. The van der Waals surface area contributed by atoms with Gasteiger partial charge in [0.25, 0.3) is 5.91 Å². The van der Waals surface area contributed by atoms with Crippen LogP contribution in [0.25, 0.3) is 0 Å². The van der Waals surface area contributed by atoms with E-state index in [0.29, 0.717) is 12.2 Å². The Morgan fingerprint density at radius 3 is 2.79 bits per heavy atom. The van der Waals surface area contributed by atoms with Gasteiger partial charge in [-0.2, -0.15) is 0 Å². The smallest absolute Gasteiger partial charge is 0.253 e. The van der Waals surface area contributed by atoms with E-state index in [1.807, 2.05) is 32.0 Å². The van der Waals surface area contributed by atoms with E-state index < -0.39 is 12.1 Å². The second kappa shape index (κ2) is 5.70. The summed E-state index contributed by atoms with van der Waals surface area (Å²) in [7, 11) is 1.57. The van der Waals surface area contributed by atoms with E-state index in [4.69, 9.17) is 18.9 Å². The largest absolute Gasteiger partial charge is 0.377 e. The third kappa shape index (κ3) is 2.57. The number of nitrogens with one attached hydrogen (secondary N) is 2. The third-order valence-corrected chi connectivity index (χ3v) is 4.75. The quantitative estimate of drug-likeness (QED) is 0.801. The maximum atomic E-state index is 12.6. The fraction of sp³-hybridized carbons (Fsp3) is 0.588. The zero-order valence-electron chi connectivity index (χ0n) is 13.9. The molecule has 7 heteroatoms. The molecular weight excluding hydrogens is 312 g/mol. The summed E-state index contributed by atoms with van der Waals surface area (Å²) in [6, 6.07) is 6.88. The maximum Gasteiger partial charge on any atom is 0.253 e. The van der Waals surface area contributed by atoms with E-state index in [9.17, 15) is 4.79 Å². The number of fused-ring (bicyclic) bond motifs is 4. The van der Waals surface area contributed by atoms with Crippen molar-refractivity contribution in [2.24, 2.45) is 0 Å². The van der Waals surface area contributed by atoms with Crippen molar-refractivity contribution in [3.05, 3.63) is 29.8 Å². The van der Waals surface area contributed by atoms with Crippen LogP contribution in [0.1, 0.15) is 24.2 Å². The number of amides is 1. The molecule has 2 saturated heterocycles. The molecule has 1 amide bonds. The van der Waals surface area contributed by atoms with Gasteiger partial charge >= 0.3 is 0 Å². The minimum atomic E-state index is -0.702. The van der Waals surface area contributed by atoms with Gasteiger partial charge < -0.3 is 29.6 Å². The van der Waals surface area contributed by atoms with Crippen LogP contribution in [0, 0.1) is 0 Å². The lowest BCUT2D eigenvalue weighted by Crippen LogP contribution is -2.69. The van der Waals surface area contributed by atoms with Crippen LogP contribution in [0.3, 0.4) is 0 Å². The molecule has 1 aromatic carbocycles. The summed E-state index contributed by atoms with van der Waals surface area (Å²) in [5, 5.41) is 6.50. The van der Waals surface area contributed by atoms with E-state index in [1.54, 1.807) is 13.2 Å². The lowest BCUT2D eigenvalue weighted by atomic mass is 9.92. The molecule has 0 radical (unpaired) electrons. The molecule has 7 nitrogen and oxygen atoms in total. The Kier molecular flexibility index (Phi) is 3.76. The van der Waals surface area contributed by atoms with Crippen LogP contribution >= 0.6 is 0 Å². The van der Waals surface area contributed by atoms with Crippen LogP contribution < -0.4 is 10.6 Å². The number of carbonyl (C=O) groups is 1. The van der Waals surface area contributed by atoms with Gasteiger partial charge in [0.1, 0.15) is 18.2 Å². The summed E-state index contributed by atoms with van der Waals surface area (Å²) >= 11 is 0. The Morgan fingerprint density at radius 2 is 2.00 bits per heavy atom. The lowest BCUT2D eigenvalue weighted by Gasteiger charge is -2.51. The number of ether oxygens (including phenoxy) is 4. The van der Waals surface area contributed by atoms with Crippen LogP contribution in [-0.4, -0.2) is 56.0 Å². The fourth-order valence-corrected chi connectivity index (χ4v) is 3.61. The highest BCUT2D eigenvalue weighted by Crippen LogP contribution is 2.35. The monoisotopic (exact) mass is 334 g/mol. The van der Waals surface area contributed by atoms with Crippen LogP contribution in [0.15, 0.2) is 24.3 Å². The van der Waals surface area contributed by atoms with Gasteiger partial charge in [-0.25, -0.2) is 0 Å². The van der Waals surface area contributed by atoms with Crippen molar-refractivity contribution in [2.75, 3.05) is 19.0 Å². The molecule has 0 saturated carbocycles. The minimum Gasteiger partial charge on any atom is -0.377 e. The van der Waals surface area contributed by atoms with Gasteiger partial charge in [-0.05, 0) is 26.0 Å². The molecule has 2 N–H and O–H groups in total. The van der Waals surface area contributed by atoms with Crippen molar-refractivity contribution in [3.8, 4) is 0 Å². The first-order valence-corrected chi connectivity index (χ1v) is 8.15. The second-order valence-corrected chi connectivity index (χ2v) is 6.79. The van der Waals surface area contributed by atoms with Crippen molar-refractivity contribution < 1.29 is 23.7 Å². The van der Waals surface area contributed by atoms with Crippen molar-refractivity contribution >= 4 is 11.6 Å². The summed E-state index contributed by atoms with van der Waals surface area (Å²) in [6.45, 7) is 4.17. The molecule has 3 heterocycles. The lowest BCUT2D eigenvalue weighted by molar-refractivity contribution is -0.349. The van der Waals surface area contributed by atoms with E-state index in [2.05, 4.69) is 10.6 Å². The molecule has 3 aliphatic heterocycles. The molecule has 5 atom stereocenters. The van der Waals surface area contributed by atoms with Gasteiger partial charge in [-0.15, -0.1) is 0 Å². The second-order valence-electron chi connectivity index (χ2n) is 6.79. The number of para-hydroxylation sites is 1. The summed E-state index contributed by atoms with van der Waals surface area (Å²) in [5.74, 6) is -0.854. The number of benzene rings is 1. The predicted molar refractivity (Wildman–Crippen MR) is 85.7 cm³/mol. The molecule has 24 heavy (non-hydrogen) atoms. The Hall–Kier alpha value is -1.67. The molecule has 0 bridgehead atoms. The third-order valence-electron chi connectivity index (χ3n) is 4.75. The van der Waals surface area contributed by atoms with Crippen LogP contribution in [0.2, 0.25) is 0 Å². The highest BCUT2D eigenvalue weighted by Gasteiger charge is 2.53. The van der Waals surface area contributed by atoms with Gasteiger partial charge in [0, 0.05) is 12.8 Å². The highest BCUT2D eigenvalue weighted by molar-refractivity contribution is 6.00. The molecular formula is C17H22N2O5. The Labute approximate surface area is 140 Å². The minimum absolute atomic E-state index is 0.152. The Balaban J connectivity index is 1.72. The van der Waals surface area contributed by atoms with Crippen molar-refractivity contribution in [2.45, 2.75) is 50.2 Å². The van der Waals surface area contributed by atoms with E-state index >= 15 is 0 Å². The standard InChI is InChI=1S/C17H22N2O5/c1-17(2)22-8-11-14(24-17)12-13(16(21-3)23-11)19-15(20)9-6-4-5-7-10(9)18-12/h4-7,11-14,16,18H,8H2,1-3H3,(H,19,20)/t11-,12-,13-,14-,16-/m1/s1. The topological polar surface area (TPSA) is 78.1 Å². The summed E-state index contributed by atoms with van der Waals surface area (Å²) in [4.78, 5) is 12.6. The normalized spacial score (nSPS) is 37.1. The molecule has 0 unspecified atom stereocenters. The predicted octanol–water partition coefficient (Wildman–Crippen LogP) is 1.10. The number of hydrogen-bond acceptors (Lipinski definition) is 6. The molecule has 130 valence electrons. The number of methoxy groups -OCH3 is 1. The van der Waals surface area contributed by atoms with Crippen molar-refractivity contribution in [1.82, 2.24) is 5.32 Å². The van der Waals surface area contributed by atoms with Gasteiger partial charge in [-0.1, -0.05) is 12.1 Å². The van der Waals surface area contributed by atoms with E-state index in [1.165, 1.54) is 0 Å². The van der Waals surface area contributed by atoms with E-state index in [-0.39, 0.29) is 30.2 Å². The van der Waals surface area contributed by atoms with Crippen LogP contribution in [0.4, 0.5) is 5.69 Å².